The molecule has 232 valence electrons. The molecule has 1 fully saturated rings. The van der Waals surface area contributed by atoms with Gasteiger partial charge in [0, 0.05) is 33.9 Å². The van der Waals surface area contributed by atoms with E-state index in [0.717, 1.165) is 35.1 Å². The third-order valence-electron chi connectivity index (χ3n) is 9.26. The van der Waals surface area contributed by atoms with Gasteiger partial charge in [-0.15, -0.1) is 0 Å². The summed E-state index contributed by atoms with van der Waals surface area (Å²) in [4.78, 5) is 32.8. The van der Waals surface area contributed by atoms with Crippen LogP contribution in [0.5, 0.6) is 0 Å². The van der Waals surface area contributed by atoms with Crippen LogP contribution >= 0.6 is 0 Å². The Kier molecular flexibility index (Phi) is 8.00. The highest BCUT2D eigenvalue weighted by Gasteiger charge is 2.35. The molecule has 0 aliphatic heterocycles. The Balaban J connectivity index is 1.13. The van der Waals surface area contributed by atoms with Crippen LogP contribution in [0.4, 0.5) is 0 Å². The van der Waals surface area contributed by atoms with Crippen LogP contribution in [-0.4, -0.2) is 34.9 Å². The van der Waals surface area contributed by atoms with Gasteiger partial charge in [0.2, 0.25) is 0 Å². The van der Waals surface area contributed by atoms with Crippen LogP contribution < -0.4 is 0 Å². The molecule has 4 aromatic carbocycles. The lowest BCUT2D eigenvalue weighted by molar-refractivity contribution is 0.346. The molecule has 7 heteroatoms. The molecule has 3 aromatic heterocycles. The molecule has 0 unspecified atom stereocenters. The quantitative estimate of drug-likeness (QED) is 0.175. The Morgan fingerprint density at radius 1 is 0.375 bits per heavy atom. The zero-order chi connectivity index (χ0) is 32.2. The van der Waals surface area contributed by atoms with Gasteiger partial charge in [0.25, 0.3) is 0 Å². The highest BCUT2D eigenvalue weighted by atomic mass is 15.0. The van der Waals surface area contributed by atoms with Crippen molar-refractivity contribution in [2.24, 2.45) is 0 Å². The molecule has 7 aromatic rings. The summed E-state index contributed by atoms with van der Waals surface area (Å²) in [5, 5.41) is 0. The van der Waals surface area contributed by atoms with Crippen molar-refractivity contribution in [3.63, 3.8) is 0 Å². The number of nitrogens with zero attached hydrogens (tertiary/aromatic N) is 7. The molecule has 0 amide bonds. The first-order valence-corrected chi connectivity index (χ1v) is 16.4. The van der Waals surface area contributed by atoms with E-state index in [0.29, 0.717) is 34.8 Å². The first kappa shape index (κ1) is 29.5. The molecule has 0 bridgehead atoms. The lowest BCUT2D eigenvalue weighted by Gasteiger charge is -2.39. The first-order chi connectivity index (χ1) is 23.7. The second kappa shape index (κ2) is 13.0. The maximum Gasteiger partial charge on any atom is 0.182 e. The van der Waals surface area contributed by atoms with Crippen LogP contribution in [0.15, 0.2) is 140 Å². The van der Waals surface area contributed by atoms with Gasteiger partial charge in [0.1, 0.15) is 12.0 Å². The fraction of sp³-hybridized carbons (Fsp3) is 0.146. The van der Waals surface area contributed by atoms with Gasteiger partial charge in [-0.2, -0.15) is 0 Å². The second-order valence-electron chi connectivity index (χ2n) is 12.2. The van der Waals surface area contributed by atoms with E-state index in [9.17, 15) is 0 Å². The van der Waals surface area contributed by atoms with Gasteiger partial charge in [-0.05, 0) is 36.1 Å². The molecule has 0 spiro atoms. The molecule has 0 N–H and O–H groups in total. The lowest BCUT2D eigenvalue weighted by atomic mass is 9.65. The standard InChI is InChI=1S/C41H33N7/c1-4-12-29(13-5-1)36-43-28-44-37(45-36)31-17-21-33(22-18-31)41(25-9-3-10-26-41)34-23-19-32(20-24-34)39-46-38(30-14-6-2-7-15-30)47-40(48-39)35-16-8-11-27-42-35/h1-2,4-8,11-24,27-28H,3,9-10,25-26H2. The number of benzene rings is 4. The maximum atomic E-state index is 4.91. The van der Waals surface area contributed by atoms with Crippen molar-refractivity contribution in [3.8, 4) is 57.1 Å². The van der Waals surface area contributed by atoms with Crippen LogP contribution in [0, 0.1) is 0 Å². The van der Waals surface area contributed by atoms with Crippen LogP contribution in [0.2, 0.25) is 0 Å². The summed E-state index contributed by atoms with van der Waals surface area (Å²) >= 11 is 0. The van der Waals surface area contributed by atoms with E-state index in [1.54, 1.807) is 12.5 Å². The van der Waals surface area contributed by atoms with Crippen molar-refractivity contribution in [1.29, 1.82) is 0 Å². The summed E-state index contributed by atoms with van der Waals surface area (Å²) < 4.78 is 0. The van der Waals surface area contributed by atoms with Crippen molar-refractivity contribution in [2.45, 2.75) is 37.5 Å². The van der Waals surface area contributed by atoms with E-state index in [1.165, 1.54) is 30.4 Å². The molecule has 0 saturated heterocycles. The van der Waals surface area contributed by atoms with E-state index < -0.39 is 0 Å². The van der Waals surface area contributed by atoms with E-state index >= 15 is 0 Å². The summed E-state index contributed by atoms with van der Waals surface area (Å²) in [6.45, 7) is 0. The minimum Gasteiger partial charge on any atom is -0.253 e. The highest BCUT2D eigenvalue weighted by molar-refractivity contribution is 5.66. The van der Waals surface area contributed by atoms with Gasteiger partial charge >= 0.3 is 0 Å². The van der Waals surface area contributed by atoms with E-state index in [1.807, 2.05) is 78.9 Å². The van der Waals surface area contributed by atoms with Crippen LogP contribution in [0.25, 0.3) is 57.1 Å². The fourth-order valence-corrected chi connectivity index (χ4v) is 6.77. The summed E-state index contributed by atoms with van der Waals surface area (Å²) in [5.41, 5.74) is 7.11. The fourth-order valence-electron chi connectivity index (χ4n) is 6.77. The topological polar surface area (TPSA) is 90.2 Å². The Bertz CT molecular complexity index is 2070. The monoisotopic (exact) mass is 623 g/mol. The molecular weight excluding hydrogens is 591 g/mol. The van der Waals surface area contributed by atoms with Crippen molar-refractivity contribution < 1.29 is 0 Å². The molecule has 1 aliphatic carbocycles. The molecule has 0 atom stereocenters. The zero-order valence-corrected chi connectivity index (χ0v) is 26.4. The number of pyridine rings is 1. The summed E-state index contributed by atoms with van der Waals surface area (Å²) in [7, 11) is 0. The van der Waals surface area contributed by atoms with Crippen molar-refractivity contribution in [1.82, 2.24) is 34.9 Å². The van der Waals surface area contributed by atoms with Crippen LogP contribution in [0.3, 0.4) is 0 Å². The summed E-state index contributed by atoms with van der Waals surface area (Å²) in [6.07, 6.45) is 9.20. The Hall–Kier alpha value is -5.95. The number of rotatable bonds is 7. The van der Waals surface area contributed by atoms with Crippen LogP contribution in [0.1, 0.15) is 43.2 Å². The largest absolute Gasteiger partial charge is 0.253 e. The summed E-state index contributed by atoms with van der Waals surface area (Å²) in [6, 6.07) is 43.5. The van der Waals surface area contributed by atoms with Gasteiger partial charge in [-0.3, -0.25) is 4.98 Å². The third-order valence-corrected chi connectivity index (χ3v) is 9.26. The van der Waals surface area contributed by atoms with Gasteiger partial charge in [-0.1, -0.05) is 135 Å². The maximum absolute atomic E-state index is 4.91. The van der Waals surface area contributed by atoms with Crippen molar-refractivity contribution in [2.75, 3.05) is 0 Å². The number of hydrogen-bond donors (Lipinski definition) is 0. The third kappa shape index (κ3) is 5.86. The zero-order valence-electron chi connectivity index (χ0n) is 26.4. The first-order valence-electron chi connectivity index (χ1n) is 16.4. The van der Waals surface area contributed by atoms with Gasteiger partial charge in [0.05, 0.1) is 0 Å². The van der Waals surface area contributed by atoms with E-state index in [-0.39, 0.29) is 5.41 Å². The average molecular weight is 624 g/mol. The molecule has 1 saturated carbocycles. The molecule has 7 nitrogen and oxygen atoms in total. The predicted octanol–water partition coefficient (Wildman–Crippen LogP) is 9.04. The van der Waals surface area contributed by atoms with E-state index in [4.69, 9.17) is 19.9 Å². The van der Waals surface area contributed by atoms with Gasteiger partial charge < -0.3 is 0 Å². The molecule has 48 heavy (non-hydrogen) atoms. The second-order valence-corrected chi connectivity index (χ2v) is 12.2. The minimum atomic E-state index is -0.0724. The average Bonchev–Trinajstić information content (AvgIpc) is 3.19. The Morgan fingerprint density at radius 3 is 1.38 bits per heavy atom. The van der Waals surface area contributed by atoms with Crippen LogP contribution in [-0.2, 0) is 5.41 Å². The van der Waals surface area contributed by atoms with Crippen molar-refractivity contribution in [3.05, 3.63) is 151 Å². The normalized spacial score (nSPS) is 14.0. The smallest absolute Gasteiger partial charge is 0.182 e. The highest BCUT2D eigenvalue weighted by Crippen LogP contribution is 2.45. The molecule has 1 aliphatic rings. The molecule has 0 radical (unpaired) electrons. The van der Waals surface area contributed by atoms with E-state index in [2.05, 4.69) is 63.5 Å². The molecular formula is C41H33N7. The Labute approximate surface area is 279 Å². The number of hydrogen-bond acceptors (Lipinski definition) is 7. The number of aromatic nitrogens is 7. The molecule has 8 rings (SSSR count). The Morgan fingerprint density at radius 2 is 0.833 bits per heavy atom. The van der Waals surface area contributed by atoms with Gasteiger partial charge in [-0.25, -0.2) is 29.9 Å². The predicted molar refractivity (Wildman–Crippen MR) is 188 cm³/mol. The lowest BCUT2D eigenvalue weighted by Crippen LogP contribution is -2.30. The summed E-state index contributed by atoms with van der Waals surface area (Å²) in [5.74, 6) is 3.17. The van der Waals surface area contributed by atoms with Gasteiger partial charge in [0.15, 0.2) is 29.1 Å². The minimum absolute atomic E-state index is 0.0724. The SMILES string of the molecule is c1ccc(-c2ncnc(-c3ccc(C4(c5ccc(-c6nc(-c7ccccc7)nc(-c7ccccn7)n6)cc5)CCCCC4)cc3)n2)cc1. The van der Waals surface area contributed by atoms with Crippen molar-refractivity contribution >= 4 is 0 Å². The molecule has 3 heterocycles.